The average Bonchev–Trinajstić information content (AvgIpc) is 2.68. The molecule has 2 nitrogen and oxygen atoms in total. The van der Waals surface area contributed by atoms with Crippen LogP contribution in [0.25, 0.3) is 0 Å². The molecule has 3 rings (SSSR count). The van der Waals surface area contributed by atoms with Crippen molar-refractivity contribution in [3.8, 4) is 11.2 Å². The Hall–Kier alpha value is -2.96. The molecule has 0 spiro atoms. The molecule has 3 aromatic rings. The molecule has 0 saturated carbocycles. The number of rotatable bonds is 4. The van der Waals surface area contributed by atoms with Crippen LogP contribution in [0.1, 0.15) is 21.5 Å². The Bertz CT molecular complexity index is 895. The highest BCUT2D eigenvalue weighted by atomic mass is 32.2. The summed E-state index contributed by atoms with van der Waals surface area (Å²) in [5.74, 6) is 3.01. The lowest BCUT2D eigenvalue weighted by atomic mass is 10.2. The highest BCUT2D eigenvalue weighted by Gasteiger charge is 2.10. The minimum atomic E-state index is -0.0894. The predicted molar refractivity (Wildman–Crippen MR) is 103 cm³/mol. The SMILES string of the molecule is O=C(NCc1ccccc1)c1ccccc1SC#Cc1ccccc1. The Kier molecular flexibility index (Phi) is 5.92. The summed E-state index contributed by atoms with van der Waals surface area (Å²) in [6.45, 7) is 0.508. The molecule has 0 radical (unpaired) electrons. The Balaban J connectivity index is 1.68. The van der Waals surface area contributed by atoms with E-state index in [1.807, 2.05) is 84.9 Å². The van der Waals surface area contributed by atoms with Crippen LogP contribution in [-0.2, 0) is 6.54 Å². The quantitative estimate of drug-likeness (QED) is 0.549. The Labute approximate surface area is 152 Å². The molecule has 0 saturated heterocycles. The van der Waals surface area contributed by atoms with Crippen LogP contribution in [0.5, 0.6) is 0 Å². The molecular weight excluding hydrogens is 326 g/mol. The number of hydrogen-bond donors (Lipinski definition) is 1. The predicted octanol–water partition coefficient (Wildman–Crippen LogP) is 4.72. The van der Waals surface area contributed by atoms with Gasteiger partial charge in [0.2, 0.25) is 0 Å². The monoisotopic (exact) mass is 343 g/mol. The molecule has 0 heterocycles. The molecule has 1 N–H and O–H groups in total. The molecule has 0 atom stereocenters. The summed E-state index contributed by atoms with van der Waals surface area (Å²) in [5.41, 5.74) is 2.68. The maximum absolute atomic E-state index is 12.5. The van der Waals surface area contributed by atoms with Gasteiger partial charge in [-0.1, -0.05) is 66.6 Å². The topological polar surface area (TPSA) is 29.1 Å². The average molecular weight is 343 g/mol. The van der Waals surface area contributed by atoms with Crippen molar-refractivity contribution in [2.45, 2.75) is 11.4 Å². The fourth-order valence-corrected chi connectivity index (χ4v) is 2.97. The molecule has 0 aromatic heterocycles. The van der Waals surface area contributed by atoms with E-state index in [0.29, 0.717) is 12.1 Å². The molecule has 3 aromatic carbocycles. The molecule has 0 aliphatic carbocycles. The number of thioether (sulfide) groups is 1. The first-order chi connectivity index (χ1) is 12.3. The van der Waals surface area contributed by atoms with Crippen molar-refractivity contribution in [3.05, 3.63) is 102 Å². The first kappa shape index (κ1) is 16.9. The number of carbonyl (C=O) groups excluding carboxylic acids is 1. The van der Waals surface area contributed by atoms with E-state index in [0.717, 1.165) is 16.0 Å². The summed E-state index contributed by atoms with van der Waals surface area (Å²) in [7, 11) is 0. The lowest BCUT2D eigenvalue weighted by Gasteiger charge is -2.08. The number of carbonyl (C=O) groups is 1. The zero-order valence-electron chi connectivity index (χ0n) is 13.6. The second-order valence-corrected chi connectivity index (χ2v) is 6.21. The van der Waals surface area contributed by atoms with Gasteiger partial charge in [0.15, 0.2) is 0 Å². The maximum Gasteiger partial charge on any atom is 0.252 e. The van der Waals surface area contributed by atoms with E-state index >= 15 is 0 Å². The molecule has 0 unspecified atom stereocenters. The van der Waals surface area contributed by atoms with Crippen LogP contribution in [0, 0.1) is 11.2 Å². The van der Waals surface area contributed by atoms with Crippen LogP contribution in [0.4, 0.5) is 0 Å². The first-order valence-corrected chi connectivity index (χ1v) is 8.78. The smallest absolute Gasteiger partial charge is 0.252 e. The van der Waals surface area contributed by atoms with E-state index in [2.05, 4.69) is 16.5 Å². The number of amides is 1. The minimum absolute atomic E-state index is 0.0894. The molecule has 0 fully saturated rings. The summed E-state index contributed by atoms with van der Waals surface area (Å²) in [5, 5.41) is 6.04. The van der Waals surface area contributed by atoms with Gasteiger partial charge in [-0.15, -0.1) is 0 Å². The van der Waals surface area contributed by atoms with Crippen molar-refractivity contribution in [2.24, 2.45) is 0 Å². The van der Waals surface area contributed by atoms with Crippen LogP contribution in [0.15, 0.2) is 89.8 Å². The molecule has 1 amide bonds. The van der Waals surface area contributed by atoms with Crippen LogP contribution in [0.2, 0.25) is 0 Å². The Morgan fingerprint density at radius 1 is 0.840 bits per heavy atom. The third-order valence-electron chi connectivity index (χ3n) is 3.56. The van der Waals surface area contributed by atoms with Gasteiger partial charge in [0.1, 0.15) is 0 Å². The van der Waals surface area contributed by atoms with Gasteiger partial charge in [0.05, 0.1) is 5.56 Å². The summed E-state index contributed by atoms with van der Waals surface area (Å²) in [6.07, 6.45) is 0. The van der Waals surface area contributed by atoms with Gasteiger partial charge in [0, 0.05) is 17.0 Å². The van der Waals surface area contributed by atoms with Crippen molar-refractivity contribution < 1.29 is 4.79 Å². The lowest BCUT2D eigenvalue weighted by molar-refractivity contribution is 0.0948. The van der Waals surface area contributed by atoms with Crippen molar-refractivity contribution in [1.82, 2.24) is 5.32 Å². The van der Waals surface area contributed by atoms with Gasteiger partial charge in [-0.2, -0.15) is 0 Å². The van der Waals surface area contributed by atoms with Gasteiger partial charge in [-0.05, 0) is 46.8 Å². The highest BCUT2D eigenvalue weighted by Crippen LogP contribution is 2.22. The van der Waals surface area contributed by atoms with Crippen molar-refractivity contribution in [1.29, 1.82) is 0 Å². The second kappa shape index (κ2) is 8.77. The Morgan fingerprint density at radius 2 is 1.48 bits per heavy atom. The summed E-state index contributed by atoms with van der Waals surface area (Å²) < 4.78 is 0. The molecule has 3 heteroatoms. The van der Waals surface area contributed by atoms with Crippen molar-refractivity contribution in [2.75, 3.05) is 0 Å². The number of nitrogens with one attached hydrogen (secondary N) is 1. The van der Waals surface area contributed by atoms with E-state index in [4.69, 9.17) is 0 Å². The molecule has 0 bridgehead atoms. The van der Waals surface area contributed by atoms with Gasteiger partial charge in [-0.25, -0.2) is 0 Å². The molecular formula is C22H17NOS. The summed E-state index contributed by atoms with van der Waals surface area (Å²) in [4.78, 5) is 13.4. The van der Waals surface area contributed by atoms with E-state index in [1.54, 1.807) is 0 Å². The zero-order valence-corrected chi connectivity index (χ0v) is 14.4. The van der Waals surface area contributed by atoms with E-state index < -0.39 is 0 Å². The first-order valence-electron chi connectivity index (χ1n) is 7.97. The van der Waals surface area contributed by atoms with Gasteiger partial charge >= 0.3 is 0 Å². The van der Waals surface area contributed by atoms with Crippen LogP contribution >= 0.6 is 11.8 Å². The van der Waals surface area contributed by atoms with Crippen LogP contribution in [0.3, 0.4) is 0 Å². The van der Waals surface area contributed by atoms with E-state index in [1.165, 1.54) is 11.8 Å². The summed E-state index contributed by atoms with van der Waals surface area (Å²) in [6, 6.07) is 27.2. The van der Waals surface area contributed by atoms with Crippen molar-refractivity contribution in [3.63, 3.8) is 0 Å². The normalized spacial score (nSPS) is 9.76. The second-order valence-electron chi connectivity index (χ2n) is 5.36. The molecule has 0 aliphatic rings. The zero-order chi connectivity index (χ0) is 17.3. The maximum atomic E-state index is 12.5. The van der Waals surface area contributed by atoms with Gasteiger partial charge < -0.3 is 5.32 Å². The van der Waals surface area contributed by atoms with Gasteiger partial charge in [-0.3, -0.25) is 4.79 Å². The fourth-order valence-electron chi connectivity index (χ4n) is 2.28. The third kappa shape index (κ3) is 5.00. The molecule has 0 aliphatic heterocycles. The number of benzene rings is 3. The number of hydrogen-bond acceptors (Lipinski definition) is 2. The van der Waals surface area contributed by atoms with Gasteiger partial charge in [0.25, 0.3) is 5.91 Å². The molecule has 122 valence electrons. The van der Waals surface area contributed by atoms with E-state index in [9.17, 15) is 4.79 Å². The van der Waals surface area contributed by atoms with E-state index in [-0.39, 0.29) is 5.91 Å². The van der Waals surface area contributed by atoms with Crippen LogP contribution < -0.4 is 5.32 Å². The fraction of sp³-hybridized carbons (Fsp3) is 0.0455. The Morgan fingerprint density at radius 3 is 2.24 bits per heavy atom. The third-order valence-corrected chi connectivity index (χ3v) is 4.34. The highest BCUT2D eigenvalue weighted by molar-refractivity contribution is 8.04. The molecule has 25 heavy (non-hydrogen) atoms. The summed E-state index contributed by atoms with van der Waals surface area (Å²) >= 11 is 1.37. The standard InChI is InChI=1S/C22H17NOS/c24-22(23-17-19-11-5-2-6-12-19)20-13-7-8-14-21(20)25-16-15-18-9-3-1-4-10-18/h1-14H,17H2,(H,23,24). The van der Waals surface area contributed by atoms with Crippen LogP contribution in [-0.4, -0.2) is 5.91 Å². The largest absolute Gasteiger partial charge is 0.348 e. The lowest BCUT2D eigenvalue weighted by Crippen LogP contribution is -2.23. The van der Waals surface area contributed by atoms with Crippen molar-refractivity contribution >= 4 is 17.7 Å². The minimum Gasteiger partial charge on any atom is -0.348 e.